The van der Waals surface area contributed by atoms with Gasteiger partial charge in [-0.25, -0.2) is 5.43 Å². The zero-order valence-electron chi connectivity index (χ0n) is 15.4. The minimum Gasteiger partial charge on any atom is -0.378 e. The predicted molar refractivity (Wildman–Crippen MR) is 110 cm³/mol. The number of benzene rings is 3. The molecule has 27 heavy (non-hydrogen) atoms. The molecule has 4 rings (SSSR count). The van der Waals surface area contributed by atoms with Crippen molar-refractivity contribution in [3.8, 4) is 11.1 Å². The number of carbonyl (C=O) groups is 1. The van der Waals surface area contributed by atoms with Crippen LogP contribution >= 0.6 is 0 Å². The van der Waals surface area contributed by atoms with Crippen LogP contribution in [0.1, 0.15) is 22.6 Å². The Bertz CT molecular complexity index is 961. The number of amides is 1. The number of rotatable bonds is 4. The van der Waals surface area contributed by atoms with Crippen LogP contribution in [0.4, 0.5) is 5.69 Å². The van der Waals surface area contributed by atoms with Crippen LogP contribution in [0.5, 0.6) is 0 Å². The van der Waals surface area contributed by atoms with E-state index in [0.717, 1.165) is 33.5 Å². The van der Waals surface area contributed by atoms with Crippen molar-refractivity contribution in [2.45, 2.75) is 5.92 Å². The van der Waals surface area contributed by atoms with Crippen LogP contribution in [0.2, 0.25) is 0 Å². The first kappa shape index (κ1) is 17.0. The lowest BCUT2D eigenvalue weighted by atomic mass is 9.96. The van der Waals surface area contributed by atoms with Gasteiger partial charge in [-0.1, -0.05) is 60.7 Å². The molecule has 0 saturated heterocycles. The fourth-order valence-electron chi connectivity index (χ4n) is 3.53. The number of nitrogens with one attached hydrogen (secondary N) is 1. The Kier molecular flexibility index (Phi) is 4.47. The molecule has 1 N–H and O–H groups in total. The van der Waals surface area contributed by atoms with Gasteiger partial charge in [0, 0.05) is 19.8 Å². The van der Waals surface area contributed by atoms with E-state index in [2.05, 4.69) is 22.7 Å². The highest BCUT2D eigenvalue weighted by molar-refractivity contribution is 5.96. The summed E-state index contributed by atoms with van der Waals surface area (Å²) < 4.78 is 0. The fraction of sp³-hybridized carbons (Fsp3) is 0.130. The van der Waals surface area contributed by atoms with Crippen LogP contribution in [0, 0.1) is 0 Å². The van der Waals surface area contributed by atoms with Gasteiger partial charge < -0.3 is 4.90 Å². The van der Waals surface area contributed by atoms with Crippen molar-refractivity contribution in [2.24, 2.45) is 5.10 Å². The lowest BCUT2D eigenvalue weighted by Gasteiger charge is -2.12. The maximum atomic E-state index is 12.9. The molecule has 0 unspecified atom stereocenters. The fourth-order valence-corrected chi connectivity index (χ4v) is 3.53. The summed E-state index contributed by atoms with van der Waals surface area (Å²) in [6, 6.07) is 24.1. The molecule has 0 saturated carbocycles. The highest BCUT2D eigenvalue weighted by Gasteiger charge is 2.33. The van der Waals surface area contributed by atoms with E-state index in [-0.39, 0.29) is 11.8 Å². The Morgan fingerprint density at radius 2 is 1.44 bits per heavy atom. The van der Waals surface area contributed by atoms with E-state index in [4.69, 9.17) is 0 Å². The van der Waals surface area contributed by atoms with E-state index < -0.39 is 0 Å². The molecule has 0 aromatic heterocycles. The van der Waals surface area contributed by atoms with E-state index in [1.807, 2.05) is 79.7 Å². The Hall–Kier alpha value is -3.40. The van der Waals surface area contributed by atoms with E-state index >= 15 is 0 Å². The zero-order chi connectivity index (χ0) is 18.8. The summed E-state index contributed by atoms with van der Waals surface area (Å²) in [4.78, 5) is 14.9. The first-order valence-corrected chi connectivity index (χ1v) is 8.93. The van der Waals surface area contributed by atoms with Crippen molar-refractivity contribution in [2.75, 3.05) is 19.0 Å². The molecule has 0 heterocycles. The standard InChI is InChI=1S/C23H21N3O/c1-26(2)17-13-11-16(12-14-17)15-24-25-23(27)22-20-9-5-3-7-18(20)19-8-4-6-10-21(19)22/h3-15,22H,1-2H3,(H,25,27)/b24-15+. The molecule has 1 aliphatic rings. The highest BCUT2D eigenvalue weighted by atomic mass is 16.2. The van der Waals surface area contributed by atoms with Crippen LogP contribution in [0.25, 0.3) is 11.1 Å². The molecule has 0 fully saturated rings. The number of anilines is 1. The Balaban J connectivity index is 1.53. The molecule has 3 aromatic carbocycles. The minimum absolute atomic E-state index is 0.117. The molecule has 4 heteroatoms. The molecule has 0 bridgehead atoms. The van der Waals surface area contributed by atoms with Crippen LogP contribution in [0.3, 0.4) is 0 Å². The van der Waals surface area contributed by atoms with Gasteiger partial charge in [0.2, 0.25) is 0 Å². The largest absolute Gasteiger partial charge is 0.378 e. The maximum absolute atomic E-state index is 12.9. The molecule has 0 aliphatic heterocycles. The third kappa shape index (κ3) is 3.22. The third-order valence-electron chi connectivity index (χ3n) is 4.89. The summed E-state index contributed by atoms with van der Waals surface area (Å²) in [7, 11) is 4.00. The maximum Gasteiger partial charge on any atom is 0.252 e. The quantitative estimate of drug-likeness (QED) is 0.568. The summed E-state index contributed by atoms with van der Waals surface area (Å²) in [5.74, 6) is -0.445. The average Bonchev–Trinajstić information content (AvgIpc) is 3.03. The summed E-state index contributed by atoms with van der Waals surface area (Å²) in [5.41, 5.74) is 9.07. The van der Waals surface area contributed by atoms with E-state index in [9.17, 15) is 4.79 Å². The summed E-state index contributed by atoms with van der Waals surface area (Å²) in [5, 5.41) is 4.17. The molecule has 3 aromatic rings. The minimum atomic E-state index is -0.328. The van der Waals surface area contributed by atoms with Crippen LogP contribution in [-0.2, 0) is 4.79 Å². The number of fused-ring (bicyclic) bond motifs is 3. The topological polar surface area (TPSA) is 44.7 Å². The monoisotopic (exact) mass is 355 g/mol. The second-order valence-corrected chi connectivity index (χ2v) is 6.83. The first-order chi connectivity index (χ1) is 13.1. The third-order valence-corrected chi connectivity index (χ3v) is 4.89. The van der Waals surface area contributed by atoms with Gasteiger partial charge in [-0.3, -0.25) is 4.79 Å². The normalized spacial score (nSPS) is 12.7. The van der Waals surface area contributed by atoms with Gasteiger partial charge in [0.25, 0.3) is 5.91 Å². The molecule has 0 spiro atoms. The number of carbonyl (C=O) groups excluding carboxylic acids is 1. The van der Waals surface area contributed by atoms with Crippen molar-refractivity contribution >= 4 is 17.8 Å². The van der Waals surface area contributed by atoms with Crippen molar-refractivity contribution in [1.29, 1.82) is 0 Å². The van der Waals surface area contributed by atoms with Crippen molar-refractivity contribution in [3.05, 3.63) is 89.5 Å². The molecule has 0 atom stereocenters. The predicted octanol–water partition coefficient (Wildman–Crippen LogP) is 4.02. The van der Waals surface area contributed by atoms with Gasteiger partial charge in [-0.2, -0.15) is 5.10 Å². The molecule has 134 valence electrons. The zero-order valence-corrected chi connectivity index (χ0v) is 15.4. The SMILES string of the molecule is CN(C)c1ccc(/C=N/NC(=O)C2c3ccccc3-c3ccccc32)cc1. The van der Waals surface area contributed by atoms with Gasteiger partial charge in [0.05, 0.1) is 12.1 Å². The van der Waals surface area contributed by atoms with Gasteiger partial charge in [-0.05, 0) is 39.9 Å². The van der Waals surface area contributed by atoms with Crippen LogP contribution in [-0.4, -0.2) is 26.2 Å². The lowest BCUT2D eigenvalue weighted by molar-refractivity contribution is -0.121. The van der Waals surface area contributed by atoms with Gasteiger partial charge in [-0.15, -0.1) is 0 Å². The van der Waals surface area contributed by atoms with E-state index in [1.165, 1.54) is 0 Å². The molecule has 4 nitrogen and oxygen atoms in total. The molecule has 0 radical (unpaired) electrons. The van der Waals surface area contributed by atoms with Crippen molar-refractivity contribution in [3.63, 3.8) is 0 Å². The number of nitrogens with zero attached hydrogens (tertiary/aromatic N) is 2. The molecule has 1 aliphatic carbocycles. The molecule has 1 amide bonds. The lowest BCUT2D eigenvalue weighted by Crippen LogP contribution is -2.25. The van der Waals surface area contributed by atoms with Crippen molar-refractivity contribution < 1.29 is 4.79 Å². The van der Waals surface area contributed by atoms with Gasteiger partial charge >= 0.3 is 0 Å². The van der Waals surface area contributed by atoms with Crippen LogP contribution in [0.15, 0.2) is 77.9 Å². The highest BCUT2D eigenvalue weighted by Crippen LogP contribution is 2.44. The average molecular weight is 355 g/mol. The van der Waals surface area contributed by atoms with Gasteiger partial charge in [0.1, 0.15) is 0 Å². The van der Waals surface area contributed by atoms with Gasteiger partial charge in [0.15, 0.2) is 0 Å². The van der Waals surface area contributed by atoms with Crippen LogP contribution < -0.4 is 10.3 Å². The number of hydrogen-bond acceptors (Lipinski definition) is 3. The smallest absolute Gasteiger partial charge is 0.252 e. The number of hydrogen-bond donors (Lipinski definition) is 1. The molecular formula is C23H21N3O. The Morgan fingerprint density at radius 1 is 0.889 bits per heavy atom. The summed E-state index contributed by atoms with van der Waals surface area (Å²) >= 11 is 0. The Morgan fingerprint density at radius 3 is 2.00 bits per heavy atom. The molecular weight excluding hydrogens is 334 g/mol. The second-order valence-electron chi connectivity index (χ2n) is 6.83. The first-order valence-electron chi connectivity index (χ1n) is 8.93. The summed E-state index contributed by atoms with van der Waals surface area (Å²) in [6.07, 6.45) is 1.67. The Labute approximate surface area is 159 Å². The van der Waals surface area contributed by atoms with E-state index in [1.54, 1.807) is 6.21 Å². The van der Waals surface area contributed by atoms with Crippen molar-refractivity contribution in [1.82, 2.24) is 5.43 Å². The second kappa shape index (κ2) is 7.08. The van der Waals surface area contributed by atoms with E-state index in [0.29, 0.717) is 0 Å². The summed E-state index contributed by atoms with van der Waals surface area (Å²) in [6.45, 7) is 0. The number of hydrazone groups is 1.